The van der Waals surface area contributed by atoms with E-state index < -0.39 is 3.79 Å². The first-order chi connectivity index (χ1) is 12.2. The second-order valence-corrected chi connectivity index (χ2v) is 8.64. The number of alkyl halides is 3. The number of nitrogens with one attached hydrogen (secondary N) is 1. The molecule has 9 heteroatoms. The van der Waals surface area contributed by atoms with E-state index in [9.17, 15) is 0 Å². The molecular weight excluding hydrogens is 437 g/mol. The Morgan fingerprint density at radius 1 is 1.00 bits per heavy atom. The highest BCUT2D eigenvalue weighted by Gasteiger charge is 2.26. The third kappa shape index (κ3) is 6.01. The Kier molecular flexibility index (Phi) is 8.08. The highest BCUT2D eigenvalue weighted by Crippen LogP contribution is 2.39. The summed E-state index contributed by atoms with van der Waals surface area (Å²) in [5, 5.41) is 4.08. The fraction of sp³-hybridized carbons (Fsp3) is 0.412. The number of nitrogens with zero attached hydrogens (tertiary/aromatic N) is 3. The van der Waals surface area contributed by atoms with E-state index in [0.29, 0.717) is 28.2 Å². The van der Waals surface area contributed by atoms with Crippen molar-refractivity contribution in [1.29, 1.82) is 0 Å². The van der Waals surface area contributed by atoms with Crippen molar-refractivity contribution in [2.24, 2.45) is 0 Å². The molecule has 1 aromatic carbocycles. The molecule has 0 fully saturated rings. The third-order valence-corrected chi connectivity index (χ3v) is 5.16. The van der Waals surface area contributed by atoms with Crippen molar-refractivity contribution >= 4 is 64.0 Å². The van der Waals surface area contributed by atoms with Crippen molar-refractivity contribution in [1.82, 2.24) is 14.9 Å². The van der Waals surface area contributed by atoms with Crippen molar-refractivity contribution in [3.05, 3.63) is 40.0 Å². The van der Waals surface area contributed by atoms with Crippen molar-refractivity contribution in [2.45, 2.75) is 17.6 Å². The predicted molar refractivity (Wildman–Crippen MR) is 113 cm³/mol. The maximum atomic E-state index is 6.11. The molecule has 0 unspecified atom stereocenters. The standard InChI is InChI=1S/C17H19Cl5N4/c1-3-26(4-2)8-7-23-16-24-14(10-15(25-16)17(20,21)22)11-5-6-12(18)13(19)9-11/h5-6,9-10H,3-4,7-8H2,1-2H3,(H,23,24,25). The molecule has 0 aliphatic carbocycles. The molecule has 4 nitrogen and oxygen atoms in total. The van der Waals surface area contributed by atoms with E-state index in [4.69, 9.17) is 58.0 Å². The van der Waals surface area contributed by atoms with Crippen LogP contribution in [0.1, 0.15) is 19.5 Å². The van der Waals surface area contributed by atoms with Crippen LogP contribution in [0.3, 0.4) is 0 Å². The first kappa shape index (κ1) is 21.8. The summed E-state index contributed by atoms with van der Waals surface area (Å²) in [5.74, 6) is 0.391. The Morgan fingerprint density at radius 2 is 1.69 bits per heavy atom. The van der Waals surface area contributed by atoms with Gasteiger partial charge in [0.2, 0.25) is 9.74 Å². The first-order valence-electron chi connectivity index (χ1n) is 8.12. The molecule has 0 radical (unpaired) electrons. The van der Waals surface area contributed by atoms with Crippen LogP contribution < -0.4 is 5.32 Å². The van der Waals surface area contributed by atoms with Gasteiger partial charge in [0.25, 0.3) is 0 Å². The molecule has 0 amide bonds. The maximum Gasteiger partial charge on any atom is 0.232 e. The fourth-order valence-corrected chi connectivity index (χ4v) is 2.93. The molecule has 1 N–H and O–H groups in total. The summed E-state index contributed by atoms with van der Waals surface area (Å²) in [6, 6.07) is 6.85. The van der Waals surface area contributed by atoms with Gasteiger partial charge in [0.15, 0.2) is 0 Å². The highest BCUT2D eigenvalue weighted by molar-refractivity contribution is 6.66. The van der Waals surface area contributed by atoms with E-state index >= 15 is 0 Å². The summed E-state index contributed by atoms with van der Waals surface area (Å²) in [4.78, 5) is 11.1. The van der Waals surface area contributed by atoms with E-state index in [1.54, 1.807) is 24.3 Å². The van der Waals surface area contributed by atoms with Gasteiger partial charge in [0.1, 0.15) is 0 Å². The van der Waals surface area contributed by atoms with Gasteiger partial charge in [-0.05, 0) is 31.3 Å². The van der Waals surface area contributed by atoms with Crippen LogP contribution in [-0.4, -0.2) is 41.0 Å². The van der Waals surface area contributed by atoms with Gasteiger partial charge in [-0.25, -0.2) is 9.97 Å². The summed E-state index contributed by atoms with van der Waals surface area (Å²) in [6.07, 6.45) is 0. The normalized spacial score (nSPS) is 11.8. The molecule has 0 atom stereocenters. The Morgan fingerprint density at radius 3 is 2.27 bits per heavy atom. The number of aromatic nitrogens is 2. The molecule has 1 aromatic heterocycles. The van der Waals surface area contributed by atoms with Crippen molar-refractivity contribution in [3.8, 4) is 11.3 Å². The van der Waals surface area contributed by atoms with Gasteiger partial charge >= 0.3 is 0 Å². The summed E-state index contributed by atoms with van der Waals surface area (Å²) < 4.78 is -1.66. The fourth-order valence-electron chi connectivity index (χ4n) is 2.34. The van der Waals surface area contributed by atoms with Crippen LogP contribution in [0.2, 0.25) is 10.0 Å². The average molecular weight is 457 g/mol. The van der Waals surface area contributed by atoms with Crippen LogP contribution in [0.4, 0.5) is 5.95 Å². The molecule has 1 heterocycles. The number of anilines is 1. The summed E-state index contributed by atoms with van der Waals surface area (Å²) >= 11 is 30.2. The van der Waals surface area contributed by atoms with Crippen molar-refractivity contribution < 1.29 is 0 Å². The second-order valence-electron chi connectivity index (χ2n) is 5.54. The quantitative estimate of drug-likeness (QED) is 0.517. The molecule has 0 aliphatic rings. The van der Waals surface area contributed by atoms with Crippen LogP contribution >= 0.6 is 58.0 Å². The Bertz CT molecular complexity index is 744. The summed E-state index contributed by atoms with van der Waals surface area (Å²) in [7, 11) is 0. The lowest BCUT2D eigenvalue weighted by Gasteiger charge is -2.19. The molecule has 2 aromatic rings. The van der Waals surface area contributed by atoms with Crippen LogP contribution in [0, 0.1) is 0 Å². The van der Waals surface area contributed by atoms with Crippen LogP contribution in [0.15, 0.2) is 24.3 Å². The number of benzene rings is 1. The number of likely N-dealkylation sites (N-methyl/N-ethyl adjacent to an activating group) is 1. The van der Waals surface area contributed by atoms with Gasteiger partial charge < -0.3 is 10.2 Å². The lowest BCUT2D eigenvalue weighted by atomic mass is 10.1. The molecule has 0 saturated carbocycles. The molecule has 0 spiro atoms. The predicted octanol–water partition coefficient (Wildman–Crippen LogP) is 6.03. The smallest absolute Gasteiger partial charge is 0.232 e. The lowest BCUT2D eigenvalue weighted by molar-refractivity contribution is 0.316. The zero-order valence-corrected chi connectivity index (χ0v) is 18.1. The largest absolute Gasteiger partial charge is 0.353 e. The molecule has 0 aliphatic heterocycles. The zero-order valence-electron chi connectivity index (χ0n) is 14.4. The van der Waals surface area contributed by atoms with E-state index in [0.717, 1.165) is 25.2 Å². The Labute approximate surface area is 178 Å². The Hall–Kier alpha value is -0.490. The highest BCUT2D eigenvalue weighted by atomic mass is 35.6. The van der Waals surface area contributed by atoms with Gasteiger partial charge in [0.05, 0.1) is 21.4 Å². The molecule has 0 bridgehead atoms. The third-order valence-electron chi connectivity index (χ3n) is 3.84. The topological polar surface area (TPSA) is 41.0 Å². The van der Waals surface area contributed by atoms with Crippen molar-refractivity contribution in [3.63, 3.8) is 0 Å². The lowest BCUT2D eigenvalue weighted by Crippen LogP contribution is -2.29. The van der Waals surface area contributed by atoms with Gasteiger partial charge in [-0.3, -0.25) is 0 Å². The van der Waals surface area contributed by atoms with Crippen LogP contribution in [-0.2, 0) is 3.79 Å². The van der Waals surface area contributed by atoms with E-state index in [-0.39, 0.29) is 5.69 Å². The molecule has 142 valence electrons. The molecule has 0 saturated heterocycles. The number of halogens is 5. The average Bonchev–Trinajstić information content (AvgIpc) is 2.60. The molecule has 26 heavy (non-hydrogen) atoms. The van der Waals surface area contributed by atoms with Crippen LogP contribution in [0.5, 0.6) is 0 Å². The number of hydrogen-bond donors (Lipinski definition) is 1. The second kappa shape index (κ2) is 9.63. The molecule has 2 rings (SSSR count). The number of hydrogen-bond acceptors (Lipinski definition) is 4. The van der Waals surface area contributed by atoms with E-state index in [2.05, 4.69) is 34.0 Å². The van der Waals surface area contributed by atoms with Crippen molar-refractivity contribution in [2.75, 3.05) is 31.5 Å². The summed E-state index contributed by atoms with van der Waals surface area (Å²) in [5.41, 5.74) is 1.62. The van der Waals surface area contributed by atoms with E-state index in [1.165, 1.54) is 0 Å². The molecular formula is C17H19Cl5N4. The first-order valence-corrected chi connectivity index (χ1v) is 10.0. The van der Waals surface area contributed by atoms with E-state index in [1.807, 2.05) is 0 Å². The minimum atomic E-state index is -1.66. The Balaban J connectivity index is 2.31. The maximum absolute atomic E-state index is 6.11. The minimum absolute atomic E-state index is 0.281. The minimum Gasteiger partial charge on any atom is -0.353 e. The van der Waals surface area contributed by atoms with Gasteiger partial charge in [-0.2, -0.15) is 0 Å². The SMILES string of the molecule is CCN(CC)CCNc1nc(-c2ccc(Cl)c(Cl)c2)cc(C(Cl)(Cl)Cl)n1. The monoisotopic (exact) mass is 454 g/mol. The van der Waals surface area contributed by atoms with Gasteiger partial charge in [-0.1, -0.05) is 77.9 Å². The van der Waals surface area contributed by atoms with Crippen LogP contribution in [0.25, 0.3) is 11.3 Å². The number of rotatable bonds is 7. The zero-order chi connectivity index (χ0) is 19.3. The summed E-state index contributed by atoms with van der Waals surface area (Å²) in [6.45, 7) is 7.71. The van der Waals surface area contributed by atoms with Gasteiger partial charge in [-0.15, -0.1) is 0 Å². The van der Waals surface area contributed by atoms with Gasteiger partial charge in [0, 0.05) is 18.7 Å².